The Balaban J connectivity index is 0.914. The molecule has 13 heteroatoms. The highest BCUT2D eigenvalue weighted by atomic mass is 16.5. The Labute approximate surface area is 363 Å². The first-order chi connectivity index (χ1) is 30.0. The van der Waals surface area contributed by atoms with Gasteiger partial charge in [-0.3, -0.25) is 19.4 Å². The SMILES string of the molecule is COC[C@H]1C[C@@H](c2ncc(-c3ccc(-c4ccc(C5=CN=C([C@@H]6C[C@H](C)CN6C(=O)[C@H](NC(=O)C6CC6)c6ccccc6)C5)cc4)cc3)[nH]2)N(C(=O)[C@@H](NC(=O)OC)C(C)C)C1. The van der Waals surface area contributed by atoms with Crippen molar-refractivity contribution in [2.75, 3.05) is 33.9 Å². The molecule has 1 saturated carbocycles. The Morgan fingerprint density at radius 3 is 2.11 bits per heavy atom. The molecule has 4 aliphatic rings. The fourth-order valence-electron chi connectivity index (χ4n) is 9.17. The summed E-state index contributed by atoms with van der Waals surface area (Å²) in [5.41, 5.74) is 7.95. The molecule has 324 valence electrons. The summed E-state index contributed by atoms with van der Waals surface area (Å²) < 4.78 is 10.3. The van der Waals surface area contributed by atoms with E-state index in [1.807, 2.05) is 55.3 Å². The predicted octanol–water partition coefficient (Wildman–Crippen LogP) is 7.35. The number of likely N-dealkylation sites (tertiary alicyclic amines) is 2. The summed E-state index contributed by atoms with van der Waals surface area (Å²) in [7, 11) is 2.95. The van der Waals surface area contributed by atoms with E-state index < -0.39 is 18.2 Å². The number of nitrogens with zero attached hydrogens (tertiary/aromatic N) is 4. The molecule has 2 saturated heterocycles. The molecule has 0 bridgehead atoms. The zero-order valence-corrected chi connectivity index (χ0v) is 36.2. The number of aromatic amines is 1. The fourth-order valence-corrected chi connectivity index (χ4v) is 9.17. The lowest BCUT2D eigenvalue weighted by Crippen LogP contribution is -2.51. The van der Waals surface area contributed by atoms with Crippen molar-refractivity contribution in [2.45, 2.75) is 77.0 Å². The predicted molar refractivity (Wildman–Crippen MR) is 237 cm³/mol. The van der Waals surface area contributed by atoms with Gasteiger partial charge < -0.3 is 34.9 Å². The maximum Gasteiger partial charge on any atom is 0.407 e. The van der Waals surface area contributed by atoms with Crippen molar-refractivity contribution < 1.29 is 28.7 Å². The lowest BCUT2D eigenvalue weighted by atomic mass is 9.95. The maximum atomic E-state index is 14.3. The van der Waals surface area contributed by atoms with E-state index in [9.17, 15) is 19.2 Å². The number of nitrogens with one attached hydrogen (secondary N) is 3. The summed E-state index contributed by atoms with van der Waals surface area (Å²) in [6, 6.07) is 24.5. The van der Waals surface area contributed by atoms with Gasteiger partial charge in [-0.15, -0.1) is 0 Å². The molecule has 4 heterocycles. The van der Waals surface area contributed by atoms with Gasteiger partial charge in [0.1, 0.15) is 17.9 Å². The average Bonchev–Trinajstić information content (AvgIpc) is 3.61. The highest BCUT2D eigenvalue weighted by molar-refractivity contribution is 6.04. The van der Waals surface area contributed by atoms with Crippen LogP contribution in [0.1, 0.15) is 81.9 Å². The number of allylic oxidation sites excluding steroid dienone is 1. The number of rotatable bonds is 14. The van der Waals surface area contributed by atoms with Crippen LogP contribution in [0, 0.1) is 23.7 Å². The van der Waals surface area contributed by atoms with Crippen LogP contribution in [0.3, 0.4) is 0 Å². The van der Waals surface area contributed by atoms with Crippen LogP contribution in [0.15, 0.2) is 96.3 Å². The maximum absolute atomic E-state index is 14.3. The van der Waals surface area contributed by atoms with E-state index in [0.29, 0.717) is 44.3 Å². The van der Waals surface area contributed by atoms with E-state index >= 15 is 0 Å². The second-order valence-corrected chi connectivity index (χ2v) is 17.7. The van der Waals surface area contributed by atoms with Crippen LogP contribution in [-0.2, 0) is 23.9 Å². The number of ether oxygens (including phenoxy) is 2. The third-order valence-electron chi connectivity index (χ3n) is 12.7. The highest BCUT2D eigenvalue weighted by Gasteiger charge is 2.43. The van der Waals surface area contributed by atoms with E-state index in [2.05, 4.69) is 71.1 Å². The van der Waals surface area contributed by atoms with Crippen LogP contribution in [-0.4, -0.2) is 95.3 Å². The summed E-state index contributed by atoms with van der Waals surface area (Å²) in [6.07, 6.45) is 7.03. The summed E-state index contributed by atoms with van der Waals surface area (Å²) in [6.45, 7) is 7.60. The molecule has 0 radical (unpaired) electrons. The van der Waals surface area contributed by atoms with Crippen LogP contribution < -0.4 is 10.6 Å². The average molecular weight is 840 g/mol. The van der Waals surface area contributed by atoms with Crippen LogP contribution in [0.2, 0.25) is 0 Å². The monoisotopic (exact) mass is 839 g/mol. The number of hydrogen-bond donors (Lipinski definition) is 3. The molecule has 0 spiro atoms. The summed E-state index contributed by atoms with van der Waals surface area (Å²) in [4.78, 5) is 70.0. The molecule has 6 atom stereocenters. The number of aliphatic imine (C=N–C) groups is 1. The molecule has 0 unspecified atom stereocenters. The molecule has 1 aromatic heterocycles. The first-order valence-corrected chi connectivity index (χ1v) is 21.8. The number of benzene rings is 3. The number of hydrogen-bond acceptors (Lipinski definition) is 8. The van der Waals surface area contributed by atoms with Crippen LogP contribution in [0.4, 0.5) is 4.79 Å². The lowest BCUT2D eigenvalue weighted by molar-refractivity contribution is -0.137. The van der Waals surface area contributed by atoms with Gasteiger partial charge in [0.15, 0.2) is 0 Å². The van der Waals surface area contributed by atoms with Crippen molar-refractivity contribution in [3.8, 4) is 22.4 Å². The van der Waals surface area contributed by atoms with E-state index in [1.54, 1.807) is 18.2 Å². The Hall–Kier alpha value is -6.08. The minimum atomic E-state index is -0.737. The van der Waals surface area contributed by atoms with Crippen molar-refractivity contribution >= 4 is 35.1 Å². The molecule has 3 aliphatic heterocycles. The fraction of sp³-hybridized carbons (Fsp3) is 0.429. The van der Waals surface area contributed by atoms with E-state index in [0.717, 1.165) is 64.1 Å². The Morgan fingerprint density at radius 1 is 0.806 bits per heavy atom. The zero-order valence-electron chi connectivity index (χ0n) is 36.2. The van der Waals surface area contributed by atoms with Gasteiger partial charge in [0.25, 0.3) is 0 Å². The van der Waals surface area contributed by atoms with Crippen molar-refractivity contribution in [1.29, 1.82) is 0 Å². The first kappa shape index (κ1) is 42.6. The molecule has 8 rings (SSSR count). The van der Waals surface area contributed by atoms with E-state index in [1.165, 1.54) is 7.11 Å². The van der Waals surface area contributed by atoms with Gasteiger partial charge in [0, 0.05) is 50.4 Å². The van der Waals surface area contributed by atoms with Gasteiger partial charge >= 0.3 is 6.09 Å². The number of H-pyrrole nitrogens is 1. The summed E-state index contributed by atoms with van der Waals surface area (Å²) >= 11 is 0. The second-order valence-electron chi connectivity index (χ2n) is 17.7. The van der Waals surface area contributed by atoms with Crippen molar-refractivity contribution in [3.05, 3.63) is 108 Å². The molecular formula is C49H57N7O6. The minimum Gasteiger partial charge on any atom is -0.453 e. The van der Waals surface area contributed by atoms with Gasteiger partial charge in [-0.2, -0.15) is 0 Å². The zero-order chi connectivity index (χ0) is 43.5. The molecule has 3 N–H and O–H groups in total. The third kappa shape index (κ3) is 9.23. The molecule has 4 amide bonds. The number of alkyl carbamates (subject to hydrolysis) is 1. The number of imidazole rings is 1. The van der Waals surface area contributed by atoms with Gasteiger partial charge in [-0.05, 0) is 70.9 Å². The molecule has 62 heavy (non-hydrogen) atoms. The van der Waals surface area contributed by atoms with Crippen molar-refractivity contribution in [3.63, 3.8) is 0 Å². The lowest BCUT2D eigenvalue weighted by Gasteiger charge is -2.30. The Bertz CT molecular complexity index is 2320. The third-order valence-corrected chi connectivity index (χ3v) is 12.7. The molecule has 13 nitrogen and oxygen atoms in total. The topological polar surface area (TPSA) is 158 Å². The number of carbonyl (C=O) groups excluding carboxylic acids is 4. The van der Waals surface area contributed by atoms with Crippen LogP contribution >= 0.6 is 0 Å². The van der Waals surface area contributed by atoms with Gasteiger partial charge in [0.05, 0.1) is 37.7 Å². The largest absolute Gasteiger partial charge is 0.453 e. The van der Waals surface area contributed by atoms with Gasteiger partial charge in [-0.1, -0.05) is 99.6 Å². The number of amides is 4. The quantitative estimate of drug-likeness (QED) is 0.120. The van der Waals surface area contributed by atoms with Gasteiger partial charge in [-0.25, -0.2) is 9.78 Å². The first-order valence-electron chi connectivity index (χ1n) is 21.8. The number of aromatic nitrogens is 2. The molecule has 3 fully saturated rings. The van der Waals surface area contributed by atoms with Gasteiger partial charge in [0.2, 0.25) is 17.7 Å². The molecule has 3 aromatic carbocycles. The highest BCUT2D eigenvalue weighted by Crippen LogP contribution is 2.38. The van der Waals surface area contributed by atoms with Crippen molar-refractivity contribution in [2.24, 2.45) is 28.7 Å². The second kappa shape index (κ2) is 18.5. The Kier molecular flexibility index (Phi) is 12.7. The summed E-state index contributed by atoms with van der Waals surface area (Å²) in [5.74, 6) is 0.698. The van der Waals surface area contributed by atoms with E-state index in [-0.39, 0.29) is 47.6 Å². The van der Waals surface area contributed by atoms with E-state index in [4.69, 9.17) is 19.5 Å². The standard InChI is InChI=1S/C49H57N7O6/c1-29(2)43(54-49(60)62-5)47(58)56-27-31(28-61-4)22-42(56)45-51-25-40(52-45)35-17-15-33(16-18-35)32-11-13-34(14-12-32)38-23-39(50-24-38)41-21-30(3)26-55(41)48(59)44(36-9-7-6-8-10-36)53-46(57)37-19-20-37/h6-18,24-25,29-31,37,41-44H,19-23,26-28H2,1-5H3,(H,51,52)(H,53,57)(H,54,60)/t30-,31-,41-,42-,43-,44+/m0/s1. The number of methoxy groups -OCH3 is 2. The molecular weight excluding hydrogens is 783 g/mol. The van der Waals surface area contributed by atoms with Crippen LogP contribution in [0.25, 0.3) is 28.0 Å². The number of carbonyl (C=O) groups is 4. The smallest absolute Gasteiger partial charge is 0.407 e. The minimum absolute atomic E-state index is 0.00340. The normalized spacial score (nSPS) is 22.0. The Morgan fingerprint density at radius 2 is 1.47 bits per heavy atom. The molecule has 1 aliphatic carbocycles. The van der Waals surface area contributed by atoms with Crippen LogP contribution in [0.5, 0.6) is 0 Å². The summed E-state index contributed by atoms with van der Waals surface area (Å²) in [5, 5.41) is 5.80. The molecule has 4 aromatic rings. The van der Waals surface area contributed by atoms with Crippen molar-refractivity contribution in [1.82, 2.24) is 30.4 Å².